The Balaban J connectivity index is 1.43. The molecule has 2 aliphatic rings. The van der Waals surface area contributed by atoms with Gasteiger partial charge in [0.25, 0.3) is 0 Å². The predicted octanol–water partition coefficient (Wildman–Crippen LogP) is 6.39. The van der Waals surface area contributed by atoms with Crippen LogP contribution in [-0.4, -0.2) is 78.5 Å². The van der Waals surface area contributed by atoms with E-state index in [4.69, 9.17) is 9.47 Å². The standard InChI is InChI=1S/C32H38F6N8O4/c1-4-23-13-25(14-24(5-2)46(23)30(48)50-27-8-6-20(7-9-27)28(47)49-3)44(29-39-15-26(16-40-29)45-18-41-42-43-45)17-19-10-21(31(33,34)35)12-22(11-19)32(36,37)38/h10-12,15-16,18,20,23-25,27H,4-9,13-14,17H2,1-3H3/t20?,23-,24+,25?,27?. The molecule has 3 aromatic rings. The SMILES string of the molecule is CC[C@@H]1CC(N(Cc2cc(C(F)(F)F)cc(C(F)(F)F)c2)c2ncc(-n3cnnn3)cn2)C[C@H](CC)N1C(=O)OC1CCC(C(=O)OC)CC1. The Morgan fingerprint density at radius 2 is 1.48 bits per heavy atom. The summed E-state index contributed by atoms with van der Waals surface area (Å²) in [5, 5.41) is 10.9. The van der Waals surface area contributed by atoms with Gasteiger partial charge in [0.05, 0.1) is 36.5 Å². The first kappa shape index (κ1) is 36.8. The van der Waals surface area contributed by atoms with Crippen molar-refractivity contribution in [1.29, 1.82) is 0 Å². The normalized spacial score (nSPS) is 23.0. The van der Waals surface area contributed by atoms with Crippen LogP contribution in [0.3, 0.4) is 0 Å². The van der Waals surface area contributed by atoms with E-state index in [1.54, 1.807) is 9.80 Å². The maximum atomic E-state index is 13.8. The number of methoxy groups -OCH3 is 1. The molecule has 0 radical (unpaired) electrons. The molecule has 18 heteroatoms. The van der Waals surface area contributed by atoms with Gasteiger partial charge in [-0.15, -0.1) is 5.10 Å². The lowest BCUT2D eigenvalue weighted by atomic mass is 9.87. The lowest BCUT2D eigenvalue weighted by Gasteiger charge is -2.47. The number of rotatable bonds is 9. The average Bonchev–Trinajstić information content (AvgIpc) is 3.64. The van der Waals surface area contributed by atoms with Gasteiger partial charge in [-0.05, 0) is 85.6 Å². The number of ether oxygens (including phenoxy) is 2. The highest BCUT2D eigenvalue weighted by Crippen LogP contribution is 2.39. The number of carbonyl (C=O) groups excluding carboxylic acids is 2. The zero-order chi connectivity index (χ0) is 36.2. The van der Waals surface area contributed by atoms with Gasteiger partial charge in [-0.25, -0.2) is 14.8 Å². The zero-order valence-corrected chi connectivity index (χ0v) is 27.7. The monoisotopic (exact) mass is 712 g/mol. The number of benzene rings is 1. The van der Waals surface area contributed by atoms with Crippen molar-refractivity contribution in [2.24, 2.45) is 5.92 Å². The maximum absolute atomic E-state index is 13.8. The summed E-state index contributed by atoms with van der Waals surface area (Å²) in [4.78, 5) is 37.8. The second-order valence-corrected chi connectivity index (χ2v) is 12.6. The Kier molecular flexibility index (Phi) is 11.2. The summed E-state index contributed by atoms with van der Waals surface area (Å²) in [6.07, 6.45) is -3.05. The molecule has 1 aromatic carbocycles. The van der Waals surface area contributed by atoms with E-state index in [1.807, 2.05) is 13.8 Å². The van der Waals surface area contributed by atoms with Gasteiger partial charge in [0.2, 0.25) is 5.95 Å². The van der Waals surface area contributed by atoms with E-state index in [2.05, 4.69) is 25.5 Å². The third-order valence-electron chi connectivity index (χ3n) is 9.44. The number of halogens is 6. The van der Waals surface area contributed by atoms with Gasteiger partial charge in [-0.2, -0.15) is 31.0 Å². The molecule has 1 amide bonds. The number of hydrogen-bond acceptors (Lipinski definition) is 10. The first-order valence-electron chi connectivity index (χ1n) is 16.4. The van der Waals surface area contributed by atoms with Crippen LogP contribution in [0.5, 0.6) is 0 Å². The lowest BCUT2D eigenvalue weighted by Crippen LogP contribution is -2.57. The summed E-state index contributed by atoms with van der Waals surface area (Å²) in [5.74, 6) is -0.454. The average molecular weight is 713 g/mol. The molecule has 0 bridgehead atoms. The van der Waals surface area contributed by atoms with Crippen LogP contribution in [0.25, 0.3) is 5.69 Å². The molecule has 3 atom stereocenters. The van der Waals surface area contributed by atoms with E-state index in [1.165, 1.54) is 30.5 Å². The highest BCUT2D eigenvalue weighted by Gasteiger charge is 2.42. The predicted molar refractivity (Wildman–Crippen MR) is 165 cm³/mol. The Morgan fingerprint density at radius 3 is 1.96 bits per heavy atom. The third-order valence-corrected chi connectivity index (χ3v) is 9.44. The van der Waals surface area contributed by atoms with Crippen molar-refractivity contribution in [3.05, 3.63) is 53.6 Å². The summed E-state index contributed by atoms with van der Waals surface area (Å²) >= 11 is 0. The quantitative estimate of drug-likeness (QED) is 0.182. The molecule has 1 aliphatic heterocycles. The largest absolute Gasteiger partial charge is 0.469 e. The van der Waals surface area contributed by atoms with E-state index in [0.29, 0.717) is 69.2 Å². The molecular formula is C32H38F6N8O4. The van der Waals surface area contributed by atoms with Crippen LogP contribution >= 0.6 is 0 Å². The number of tetrazole rings is 1. The summed E-state index contributed by atoms with van der Waals surface area (Å²) < 4.78 is 94.8. The highest BCUT2D eigenvalue weighted by molar-refractivity contribution is 5.72. The Hall–Kier alpha value is -4.51. The molecule has 1 aliphatic carbocycles. The van der Waals surface area contributed by atoms with E-state index in [-0.39, 0.29) is 54.2 Å². The fourth-order valence-corrected chi connectivity index (χ4v) is 6.85. The van der Waals surface area contributed by atoms with Gasteiger partial charge in [-0.3, -0.25) is 4.79 Å². The first-order valence-corrected chi connectivity index (χ1v) is 16.4. The summed E-state index contributed by atoms with van der Waals surface area (Å²) in [7, 11) is 1.34. The van der Waals surface area contributed by atoms with E-state index in [9.17, 15) is 35.9 Å². The number of amides is 1. The van der Waals surface area contributed by atoms with Crippen molar-refractivity contribution >= 4 is 18.0 Å². The van der Waals surface area contributed by atoms with E-state index in [0.717, 1.165) is 0 Å². The zero-order valence-electron chi connectivity index (χ0n) is 27.7. The number of nitrogens with zero attached hydrogens (tertiary/aromatic N) is 8. The number of aromatic nitrogens is 6. The van der Waals surface area contributed by atoms with Gasteiger partial charge in [-0.1, -0.05) is 13.8 Å². The van der Waals surface area contributed by atoms with Crippen LogP contribution in [-0.2, 0) is 33.2 Å². The van der Waals surface area contributed by atoms with Gasteiger partial charge in [0.15, 0.2) is 0 Å². The molecule has 2 aromatic heterocycles. The van der Waals surface area contributed by atoms with Crippen molar-refractivity contribution < 1.29 is 45.4 Å². The number of carbonyl (C=O) groups is 2. The lowest BCUT2D eigenvalue weighted by molar-refractivity contribution is -0.147. The van der Waals surface area contributed by atoms with Crippen LogP contribution in [0.1, 0.15) is 81.9 Å². The molecule has 5 rings (SSSR count). The molecule has 2 fully saturated rings. The Morgan fingerprint density at radius 1 is 0.900 bits per heavy atom. The number of piperidine rings is 1. The third kappa shape index (κ3) is 8.43. The minimum Gasteiger partial charge on any atom is -0.469 e. The van der Waals surface area contributed by atoms with Crippen LogP contribution in [0.2, 0.25) is 0 Å². The molecule has 50 heavy (non-hydrogen) atoms. The van der Waals surface area contributed by atoms with Crippen LogP contribution < -0.4 is 4.90 Å². The minimum absolute atomic E-state index is 0.0703. The van der Waals surface area contributed by atoms with Crippen molar-refractivity contribution in [2.45, 2.75) is 108 Å². The first-order chi connectivity index (χ1) is 23.7. The van der Waals surface area contributed by atoms with Gasteiger partial charge in [0, 0.05) is 24.7 Å². The van der Waals surface area contributed by atoms with Crippen molar-refractivity contribution in [1.82, 2.24) is 35.1 Å². The fourth-order valence-electron chi connectivity index (χ4n) is 6.85. The van der Waals surface area contributed by atoms with Crippen LogP contribution in [0.15, 0.2) is 36.9 Å². The number of alkyl halides is 6. The fraction of sp³-hybridized carbons (Fsp3) is 0.594. The second-order valence-electron chi connectivity index (χ2n) is 12.6. The Bertz CT molecular complexity index is 1550. The topological polar surface area (TPSA) is 128 Å². The minimum atomic E-state index is -5.02. The number of esters is 1. The van der Waals surface area contributed by atoms with Crippen LogP contribution in [0.4, 0.5) is 37.1 Å². The smallest absolute Gasteiger partial charge is 0.416 e. The molecule has 0 N–H and O–H groups in total. The molecule has 1 saturated carbocycles. The summed E-state index contributed by atoms with van der Waals surface area (Å²) in [5.41, 5.74) is -2.69. The molecular weight excluding hydrogens is 674 g/mol. The summed E-state index contributed by atoms with van der Waals surface area (Å²) in [6.45, 7) is 3.42. The van der Waals surface area contributed by atoms with Crippen molar-refractivity contribution in [2.75, 3.05) is 12.0 Å². The number of likely N-dealkylation sites (tertiary alicyclic amines) is 1. The summed E-state index contributed by atoms with van der Waals surface area (Å²) in [6, 6.07) is 0.284. The van der Waals surface area contributed by atoms with Gasteiger partial charge >= 0.3 is 24.4 Å². The van der Waals surface area contributed by atoms with Crippen molar-refractivity contribution in [3.8, 4) is 5.69 Å². The number of anilines is 1. The molecule has 1 unspecified atom stereocenters. The van der Waals surface area contributed by atoms with Gasteiger partial charge in [0.1, 0.15) is 18.1 Å². The highest BCUT2D eigenvalue weighted by atomic mass is 19.4. The van der Waals surface area contributed by atoms with E-state index < -0.39 is 35.6 Å². The molecule has 272 valence electrons. The molecule has 12 nitrogen and oxygen atoms in total. The molecule has 3 heterocycles. The van der Waals surface area contributed by atoms with E-state index >= 15 is 0 Å². The van der Waals surface area contributed by atoms with Gasteiger partial charge < -0.3 is 19.3 Å². The number of hydrogen-bond donors (Lipinski definition) is 0. The second kappa shape index (κ2) is 15.2. The Labute approximate surface area is 284 Å². The maximum Gasteiger partial charge on any atom is 0.416 e. The molecule has 0 spiro atoms. The molecule has 1 saturated heterocycles. The van der Waals surface area contributed by atoms with Crippen molar-refractivity contribution in [3.63, 3.8) is 0 Å². The van der Waals surface area contributed by atoms with Crippen LogP contribution in [0, 0.1) is 5.92 Å².